The molecule has 0 amide bonds. The average molecular weight is 287 g/mol. The topological polar surface area (TPSA) is 96.6 Å². The lowest BCUT2D eigenvalue weighted by molar-refractivity contribution is 0.0659. The van der Waals surface area contributed by atoms with Crippen molar-refractivity contribution in [2.24, 2.45) is 0 Å². The minimum atomic E-state index is -2.98. The van der Waals surface area contributed by atoms with E-state index in [9.17, 15) is 13.2 Å². The second-order valence-corrected chi connectivity index (χ2v) is 7.46. The maximum atomic E-state index is 11.5. The Morgan fingerprint density at radius 2 is 2.21 bits per heavy atom. The summed E-state index contributed by atoms with van der Waals surface area (Å²) in [5, 5.41) is 12.0. The number of carboxylic acids is 1. The number of rotatable bonds is 4. The third kappa shape index (κ3) is 3.16. The quantitative estimate of drug-likeness (QED) is 0.864. The van der Waals surface area contributed by atoms with Crippen molar-refractivity contribution in [3.63, 3.8) is 0 Å². The molecular formula is C12H17NO5S. The van der Waals surface area contributed by atoms with Crippen molar-refractivity contribution < 1.29 is 22.7 Å². The van der Waals surface area contributed by atoms with Crippen LogP contribution in [0.15, 0.2) is 16.5 Å². The summed E-state index contributed by atoms with van der Waals surface area (Å²) in [6.07, 6.45) is 0.548. The molecule has 0 radical (unpaired) electrons. The van der Waals surface area contributed by atoms with Gasteiger partial charge in [-0.2, -0.15) is 0 Å². The lowest BCUT2D eigenvalue weighted by Crippen LogP contribution is -2.44. The third-order valence-corrected chi connectivity index (χ3v) is 5.24. The molecule has 0 aliphatic carbocycles. The zero-order chi connectivity index (χ0) is 14.3. The van der Waals surface area contributed by atoms with Crippen LogP contribution >= 0.6 is 0 Å². The van der Waals surface area contributed by atoms with Crippen LogP contribution in [-0.4, -0.2) is 36.5 Å². The summed E-state index contributed by atoms with van der Waals surface area (Å²) in [6, 6.07) is 2.74. The first kappa shape index (κ1) is 14.1. The highest BCUT2D eigenvalue weighted by Crippen LogP contribution is 2.27. The molecule has 1 aliphatic rings. The number of hydrogen-bond acceptors (Lipinski definition) is 5. The summed E-state index contributed by atoms with van der Waals surface area (Å²) in [6.45, 7) is 3.68. The van der Waals surface area contributed by atoms with E-state index in [1.807, 2.05) is 13.8 Å². The fourth-order valence-electron chi connectivity index (χ4n) is 2.42. The molecule has 1 aromatic heterocycles. The fourth-order valence-corrected chi connectivity index (χ4v) is 4.52. The van der Waals surface area contributed by atoms with Gasteiger partial charge in [0.25, 0.3) is 0 Å². The van der Waals surface area contributed by atoms with E-state index in [-0.39, 0.29) is 23.3 Å². The molecule has 2 N–H and O–H groups in total. The lowest BCUT2D eigenvalue weighted by Gasteiger charge is -2.27. The first-order valence-electron chi connectivity index (χ1n) is 6.02. The van der Waals surface area contributed by atoms with Crippen molar-refractivity contribution in [1.82, 2.24) is 5.32 Å². The van der Waals surface area contributed by atoms with Crippen molar-refractivity contribution in [3.05, 3.63) is 23.7 Å². The molecule has 0 spiro atoms. The molecule has 2 heterocycles. The molecule has 2 unspecified atom stereocenters. The summed E-state index contributed by atoms with van der Waals surface area (Å²) in [4.78, 5) is 10.7. The first-order chi connectivity index (χ1) is 8.71. The van der Waals surface area contributed by atoms with Crippen LogP contribution in [0.3, 0.4) is 0 Å². The molecule has 1 saturated heterocycles. The summed E-state index contributed by atoms with van der Waals surface area (Å²) >= 11 is 0. The van der Waals surface area contributed by atoms with E-state index in [1.54, 1.807) is 6.07 Å². The molecule has 1 aliphatic heterocycles. The highest BCUT2D eigenvalue weighted by molar-refractivity contribution is 7.91. The Bertz CT molecular complexity index is 591. The summed E-state index contributed by atoms with van der Waals surface area (Å²) in [5.41, 5.74) is -0.492. The number of nitrogens with one attached hydrogen (secondary N) is 1. The molecule has 1 aromatic rings. The minimum Gasteiger partial charge on any atom is -0.475 e. The molecule has 2 rings (SSSR count). The van der Waals surface area contributed by atoms with Crippen molar-refractivity contribution in [2.45, 2.75) is 31.8 Å². The van der Waals surface area contributed by atoms with Crippen LogP contribution in [0.2, 0.25) is 0 Å². The van der Waals surface area contributed by atoms with Gasteiger partial charge in [-0.05, 0) is 32.4 Å². The van der Waals surface area contributed by atoms with E-state index >= 15 is 0 Å². The standard InChI is InChI=1S/C12H17NO5S/c1-8(9-3-4-10(18-9)11(14)15)13-12(2)5-6-19(16,17)7-12/h3-4,8,13H,5-7H2,1-2H3,(H,14,15). The van der Waals surface area contributed by atoms with Gasteiger partial charge >= 0.3 is 5.97 Å². The second-order valence-electron chi connectivity index (χ2n) is 5.28. The Morgan fingerprint density at radius 1 is 1.53 bits per heavy atom. The smallest absolute Gasteiger partial charge is 0.371 e. The van der Waals surface area contributed by atoms with E-state index in [0.29, 0.717) is 12.2 Å². The molecule has 2 atom stereocenters. The van der Waals surface area contributed by atoms with Crippen LogP contribution in [-0.2, 0) is 9.84 Å². The van der Waals surface area contributed by atoms with E-state index < -0.39 is 21.3 Å². The second kappa shape index (κ2) is 4.64. The van der Waals surface area contributed by atoms with E-state index in [4.69, 9.17) is 9.52 Å². The van der Waals surface area contributed by atoms with Gasteiger partial charge in [-0.15, -0.1) is 0 Å². The van der Waals surface area contributed by atoms with Gasteiger partial charge in [0, 0.05) is 5.54 Å². The van der Waals surface area contributed by atoms with Gasteiger partial charge in [0.2, 0.25) is 5.76 Å². The Morgan fingerprint density at radius 3 is 2.68 bits per heavy atom. The van der Waals surface area contributed by atoms with Crippen LogP contribution in [0.1, 0.15) is 42.6 Å². The molecule has 7 heteroatoms. The van der Waals surface area contributed by atoms with Gasteiger partial charge in [0.05, 0.1) is 17.5 Å². The Hall–Kier alpha value is -1.34. The molecule has 1 fully saturated rings. The summed E-state index contributed by atoms with van der Waals surface area (Å²) in [5.74, 6) is -0.470. The number of carbonyl (C=O) groups is 1. The highest BCUT2D eigenvalue weighted by atomic mass is 32.2. The number of aromatic carboxylic acids is 1. The Balaban J connectivity index is 2.08. The predicted molar refractivity (Wildman–Crippen MR) is 68.9 cm³/mol. The Labute approximate surface area is 111 Å². The van der Waals surface area contributed by atoms with Crippen LogP contribution < -0.4 is 5.32 Å². The van der Waals surface area contributed by atoms with Crippen LogP contribution in [0.4, 0.5) is 0 Å². The van der Waals surface area contributed by atoms with Gasteiger partial charge in [0.1, 0.15) is 5.76 Å². The van der Waals surface area contributed by atoms with Crippen molar-refractivity contribution in [3.8, 4) is 0 Å². The SMILES string of the molecule is CC(NC1(C)CCS(=O)(=O)C1)c1ccc(C(=O)O)o1. The third-order valence-electron chi connectivity index (χ3n) is 3.33. The summed E-state index contributed by atoms with van der Waals surface area (Å²) < 4.78 is 28.2. The van der Waals surface area contributed by atoms with Crippen LogP contribution in [0, 0.1) is 0 Å². The maximum Gasteiger partial charge on any atom is 0.371 e. The molecule has 19 heavy (non-hydrogen) atoms. The van der Waals surface area contributed by atoms with Gasteiger partial charge in [-0.1, -0.05) is 0 Å². The number of furan rings is 1. The number of sulfone groups is 1. The van der Waals surface area contributed by atoms with E-state index in [1.165, 1.54) is 6.07 Å². The molecular weight excluding hydrogens is 270 g/mol. The highest BCUT2D eigenvalue weighted by Gasteiger charge is 2.39. The predicted octanol–water partition coefficient (Wildman–Crippen LogP) is 1.21. The van der Waals surface area contributed by atoms with Crippen LogP contribution in [0.25, 0.3) is 0 Å². The molecule has 6 nitrogen and oxygen atoms in total. The van der Waals surface area contributed by atoms with Crippen LogP contribution in [0.5, 0.6) is 0 Å². The fraction of sp³-hybridized carbons (Fsp3) is 0.583. The van der Waals surface area contributed by atoms with Crippen molar-refractivity contribution >= 4 is 15.8 Å². The van der Waals surface area contributed by atoms with Gasteiger partial charge < -0.3 is 14.8 Å². The van der Waals surface area contributed by atoms with Crippen molar-refractivity contribution in [1.29, 1.82) is 0 Å². The summed E-state index contributed by atoms with van der Waals surface area (Å²) in [7, 11) is -2.98. The lowest BCUT2D eigenvalue weighted by atomic mass is 10.0. The first-order valence-corrected chi connectivity index (χ1v) is 7.84. The monoisotopic (exact) mass is 287 g/mol. The average Bonchev–Trinajstić information content (AvgIpc) is 2.83. The van der Waals surface area contributed by atoms with Crippen molar-refractivity contribution in [2.75, 3.05) is 11.5 Å². The van der Waals surface area contributed by atoms with E-state index in [0.717, 1.165) is 0 Å². The zero-order valence-corrected chi connectivity index (χ0v) is 11.7. The van der Waals surface area contributed by atoms with E-state index in [2.05, 4.69) is 5.32 Å². The molecule has 0 saturated carbocycles. The molecule has 0 bridgehead atoms. The number of carboxylic acid groups (broad SMARTS) is 1. The largest absolute Gasteiger partial charge is 0.475 e. The zero-order valence-electron chi connectivity index (χ0n) is 10.8. The van der Waals surface area contributed by atoms with Gasteiger partial charge in [-0.3, -0.25) is 0 Å². The molecule has 106 valence electrons. The maximum absolute atomic E-state index is 11.5. The number of hydrogen-bond donors (Lipinski definition) is 2. The normalized spacial score (nSPS) is 27.3. The Kier molecular flexibility index (Phi) is 3.44. The molecule has 0 aromatic carbocycles. The van der Waals surface area contributed by atoms with Gasteiger partial charge in [-0.25, -0.2) is 13.2 Å². The van der Waals surface area contributed by atoms with Gasteiger partial charge in [0.15, 0.2) is 9.84 Å². The minimum absolute atomic E-state index is 0.0941.